The highest BCUT2D eigenvalue weighted by atomic mass is 127. The van der Waals surface area contributed by atoms with Crippen LogP contribution in [-0.2, 0) is 9.53 Å². The molecule has 3 aromatic carbocycles. The largest absolute Gasteiger partial charge is 0.478 e. The molecule has 1 atom stereocenters. The average Bonchev–Trinajstić information content (AvgIpc) is 3.32. The molecule has 0 aliphatic carbocycles. The van der Waals surface area contributed by atoms with Crippen LogP contribution < -0.4 is 10.3 Å². The van der Waals surface area contributed by atoms with Crippen molar-refractivity contribution in [2.45, 2.75) is 13.0 Å². The SMILES string of the molecule is COC(=O)[C@H](C)Oc1ccc(C=Nn2c(-c3cc4cc(Br)ccc4o3)nc3ccccc3c2=O)cc1I. The lowest BCUT2D eigenvalue weighted by molar-refractivity contribution is -0.147. The van der Waals surface area contributed by atoms with Crippen molar-refractivity contribution < 1.29 is 18.7 Å². The number of halogens is 2. The highest BCUT2D eigenvalue weighted by Gasteiger charge is 2.18. The first-order chi connectivity index (χ1) is 17.8. The number of methoxy groups -OCH3 is 1. The third-order valence-electron chi connectivity index (χ3n) is 5.57. The first-order valence-corrected chi connectivity index (χ1v) is 13.0. The maximum Gasteiger partial charge on any atom is 0.346 e. The van der Waals surface area contributed by atoms with Gasteiger partial charge in [0.05, 0.1) is 27.8 Å². The molecule has 0 saturated heterocycles. The number of rotatable bonds is 6. The molecule has 2 aromatic heterocycles. The molecule has 0 aliphatic rings. The molecule has 0 spiro atoms. The van der Waals surface area contributed by atoms with Crippen molar-refractivity contribution in [3.8, 4) is 17.3 Å². The molecule has 2 heterocycles. The van der Waals surface area contributed by atoms with Crippen molar-refractivity contribution in [2.75, 3.05) is 7.11 Å². The van der Waals surface area contributed by atoms with E-state index in [9.17, 15) is 9.59 Å². The standard InChI is InChI=1S/C27H19BrIN3O5/c1-15(27(34)35-2)36-23-9-7-16(11-20(23)29)14-30-32-25(31-21-6-4-3-5-19(21)26(32)33)24-13-17-12-18(28)8-10-22(17)37-24/h3-15H,1-2H3/t15-/m0/s1. The van der Waals surface area contributed by atoms with E-state index >= 15 is 0 Å². The number of esters is 1. The highest BCUT2D eigenvalue weighted by molar-refractivity contribution is 14.1. The summed E-state index contributed by atoms with van der Waals surface area (Å²) >= 11 is 5.59. The van der Waals surface area contributed by atoms with Crippen LogP contribution in [0.25, 0.3) is 33.5 Å². The van der Waals surface area contributed by atoms with Crippen molar-refractivity contribution in [2.24, 2.45) is 5.10 Å². The molecule has 5 rings (SSSR count). The van der Waals surface area contributed by atoms with E-state index in [4.69, 9.17) is 18.9 Å². The molecule has 37 heavy (non-hydrogen) atoms. The zero-order valence-corrected chi connectivity index (χ0v) is 23.4. The van der Waals surface area contributed by atoms with Crippen LogP contribution >= 0.6 is 38.5 Å². The number of aromatic nitrogens is 2. The Morgan fingerprint density at radius 2 is 1.97 bits per heavy atom. The van der Waals surface area contributed by atoms with Crippen LogP contribution in [-0.4, -0.2) is 35.1 Å². The summed E-state index contributed by atoms with van der Waals surface area (Å²) in [5.41, 5.74) is 1.62. The van der Waals surface area contributed by atoms with Gasteiger partial charge in [0.15, 0.2) is 11.9 Å². The number of hydrogen-bond acceptors (Lipinski definition) is 7. The van der Waals surface area contributed by atoms with Crippen LogP contribution in [0.1, 0.15) is 12.5 Å². The van der Waals surface area contributed by atoms with Gasteiger partial charge in [0, 0.05) is 9.86 Å². The van der Waals surface area contributed by atoms with Crippen molar-refractivity contribution >= 4 is 72.6 Å². The number of furan rings is 1. The molecule has 8 nitrogen and oxygen atoms in total. The molecule has 0 radical (unpaired) electrons. The lowest BCUT2D eigenvalue weighted by atomic mass is 10.2. The fraction of sp³-hybridized carbons (Fsp3) is 0.111. The molecule has 0 bridgehead atoms. The molecule has 0 unspecified atom stereocenters. The van der Waals surface area contributed by atoms with Crippen LogP contribution in [0.5, 0.6) is 5.75 Å². The maximum absolute atomic E-state index is 13.4. The molecule has 0 aliphatic heterocycles. The van der Waals surface area contributed by atoms with E-state index in [1.54, 1.807) is 43.5 Å². The number of para-hydroxylation sites is 1. The van der Waals surface area contributed by atoms with E-state index in [1.165, 1.54) is 11.8 Å². The van der Waals surface area contributed by atoms with E-state index in [1.807, 2.05) is 36.4 Å². The Kier molecular flexibility index (Phi) is 7.11. The molecule has 10 heteroatoms. The van der Waals surface area contributed by atoms with Crippen molar-refractivity contribution in [3.63, 3.8) is 0 Å². The number of fused-ring (bicyclic) bond motifs is 2. The Morgan fingerprint density at radius 3 is 2.76 bits per heavy atom. The number of nitrogens with zero attached hydrogens (tertiary/aromatic N) is 3. The molecular formula is C27H19BrIN3O5. The second-order valence-corrected chi connectivity index (χ2v) is 10.2. The lowest BCUT2D eigenvalue weighted by Crippen LogP contribution is -2.25. The van der Waals surface area contributed by atoms with Crippen LogP contribution in [0.2, 0.25) is 0 Å². The summed E-state index contributed by atoms with van der Waals surface area (Å²) < 4.78 is 19.4. The number of ether oxygens (including phenoxy) is 2. The predicted molar refractivity (Wildman–Crippen MR) is 153 cm³/mol. The summed E-state index contributed by atoms with van der Waals surface area (Å²) in [4.78, 5) is 29.8. The smallest absolute Gasteiger partial charge is 0.346 e. The number of benzene rings is 3. The topological polar surface area (TPSA) is 95.9 Å². The quantitative estimate of drug-likeness (QED) is 0.125. The van der Waals surface area contributed by atoms with Gasteiger partial charge in [0.25, 0.3) is 5.56 Å². The summed E-state index contributed by atoms with van der Waals surface area (Å²) in [5.74, 6) is 0.779. The average molecular weight is 672 g/mol. The predicted octanol–water partition coefficient (Wildman–Crippen LogP) is 6.00. The molecule has 0 fully saturated rings. The molecule has 0 saturated carbocycles. The number of carbonyl (C=O) groups excluding carboxylic acids is 1. The van der Waals surface area contributed by atoms with Crippen LogP contribution in [0.3, 0.4) is 0 Å². The summed E-state index contributed by atoms with van der Waals surface area (Å²) in [5, 5.41) is 5.80. The Hall–Kier alpha value is -3.51. The maximum atomic E-state index is 13.4. The summed E-state index contributed by atoms with van der Waals surface area (Å²) in [7, 11) is 1.31. The minimum absolute atomic E-state index is 0.286. The monoisotopic (exact) mass is 671 g/mol. The normalized spacial score (nSPS) is 12.3. The minimum atomic E-state index is -0.743. The Labute approximate surface area is 233 Å². The second kappa shape index (κ2) is 10.5. The van der Waals surface area contributed by atoms with Gasteiger partial charge in [-0.3, -0.25) is 4.79 Å². The first kappa shape index (κ1) is 25.2. The second-order valence-electron chi connectivity index (χ2n) is 8.08. The molecule has 0 amide bonds. The highest BCUT2D eigenvalue weighted by Crippen LogP contribution is 2.29. The van der Waals surface area contributed by atoms with Crippen LogP contribution in [0.15, 0.2) is 85.5 Å². The van der Waals surface area contributed by atoms with Crippen molar-refractivity contribution in [1.82, 2.24) is 9.66 Å². The third kappa shape index (κ3) is 5.16. The lowest BCUT2D eigenvalue weighted by Gasteiger charge is -2.14. The van der Waals surface area contributed by atoms with E-state index in [2.05, 4.69) is 43.6 Å². The summed E-state index contributed by atoms with van der Waals surface area (Å²) in [6.07, 6.45) is 0.822. The molecule has 0 N–H and O–H groups in total. The Bertz CT molecular complexity index is 1740. The van der Waals surface area contributed by atoms with E-state index in [0.717, 1.165) is 19.0 Å². The fourth-order valence-electron chi connectivity index (χ4n) is 3.74. The van der Waals surface area contributed by atoms with Gasteiger partial charge < -0.3 is 13.9 Å². The Balaban J connectivity index is 1.56. The Morgan fingerprint density at radius 1 is 1.16 bits per heavy atom. The number of hydrogen-bond donors (Lipinski definition) is 0. The third-order valence-corrected chi connectivity index (χ3v) is 6.90. The van der Waals surface area contributed by atoms with Gasteiger partial charge in [-0.2, -0.15) is 9.78 Å². The zero-order chi connectivity index (χ0) is 26.1. The van der Waals surface area contributed by atoms with E-state index in [0.29, 0.717) is 28.0 Å². The van der Waals surface area contributed by atoms with E-state index < -0.39 is 12.1 Å². The minimum Gasteiger partial charge on any atom is -0.478 e. The van der Waals surface area contributed by atoms with Gasteiger partial charge in [0.1, 0.15) is 11.3 Å². The van der Waals surface area contributed by atoms with Crippen LogP contribution in [0.4, 0.5) is 0 Å². The van der Waals surface area contributed by atoms with Gasteiger partial charge in [-0.1, -0.05) is 28.1 Å². The first-order valence-electron chi connectivity index (χ1n) is 11.1. The van der Waals surface area contributed by atoms with Gasteiger partial charge in [-0.25, -0.2) is 9.78 Å². The van der Waals surface area contributed by atoms with Crippen molar-refractivity contribution in [1.29, 1.82) is 0 Å². The number of carbonyl (C=O) groups is 1. The van der Waals surface area contributed by atoms with E-state index in [-0.39, 0.29) is 11.4 Å². The molecule has 186 valence electrons. The van der Waals surface area contributed by atoms with Crippen molar-refractivity contribution in [3.05, 3.63) is 90.7 Å². The van der Waals surface area contributed by atoms with Gasteiger partial charge >= 0.3 is 5.97 Å². The molecule has 5 aromatic rings. The van der Waals surface area contributed by atoms with Gasteiger partial charge in [0.2, 0.25) is 5.82 Å². The molecular weight excluding hydrogens is 653 g/mol. The van der Waals surface area contributed by atoms with Gasteiger partial charge in [-0.05, 0) is 89.7 Å². The zero-order valence-electron chi connectivity index (χ0n) is 19.6. The fourth-order valence-corrected chi connectivity index (χ4v) is 4.78. The summed E-state index contributed by atoms with van der Waals surface area (Å²) in [6.45, 7) is 1.62. The summed E-state index contributed by atoms with van der Waals surface area (Å²) in [6, 6.07) is 20.0. The van der Waals surface area contributed by atoms with Gasteiger partial charge in [-0.15, -0.1) is 0 Å². The van der Waals surface area contributed by atoms with Crippen LogP contribution in [0, 0.1) is 3.57 Å².